The molecule has 24 heavy (non-hydrogen) atoms. The molecule has 0 aliphatic carbocycles. The molecule has 0 bridgehead atoms. The van der Waals surface area contributed by atoms with E-state index >= 15 is 0 Å². The van der Waals surface area contributed by atoms with Crippen molar-refractivity contribution < 1.29 is 24.8 Å². The minimum absolute atomic E-state index is 0.128. The van der Waals surface area contributed by atoms with Gasteiger partial charge in [0, 0.05) is 7.11 Å². The zero-order valence-electron chi connectivity index (χ0n) is 13.0. The third-order valence-corrected chi connectivity index (χ3v) is 3.88. The number of aliphatic hydroxyl groups is 3. The van der Waals surface area contributed by atoms with Crippen LogP contribution in [0.3, 0.4) is 0 Å². The van der Waals surface area contributed by atoms with Gasteiger partial charge in [-0.25, -0.2) is 9.97 Å². The molecule has 9 heteroatoms. The van der Waals surface area contributed by atoms with Gasteiger partial charge >= 0.3 is 0 Å². The highest BCUT2D eigenvalue weighted by molar-refractivity contribution is 5.88. The normalized spacial score (nSPS) is 26.5. The molecular weight excluding hydrogens is 316 g/mol. The molecule has 0 radical (unpaired) electrons. The molecule has 9 nitrogen and oxygen atoms in total. The first kappa shape index (κ1) is 16.6. The summed E-state index contributed by atoms with van der Waals surface area (Å²) in [6.45, 7) is -0.200. The number of hydrogen-bond acceptors (Lipinski definition) is 8. The number of fused-ring (bicyclic) bond motifs is 1. The number of aliphatic hydroxyl groups excluding tert-OH is 3. The van der Waals surface area contributed by atoms with Gasteiger partial charge in [-0.3, -0.25) is 4.57 Å². The van der Waals surface area contributed by atoms with E-state index in [2.05, 4.69) is 21.8 Å². The highest BCUT2D eigenvalue weighted by atomic mass is 16.6. The van der Waals surface area contributed by atoms with Crippen LogP contribution in [0.15, 0.2) is 12.4 Å². The van der Waals surface area contributed by atoms with E-state index in [4.69, 9.17) is 20.3 Å². The molecule has 4 unspecified atom stereocenters. The summed E-state index contributed by atoms with van der Waals surface area (Å²) < 4.78 is 12.3. The van der Waals surface area contributed by atoms with Crippen LogP contribution in [-0.4, -0.2) is 68.5 Å². The average molecular weight is 334 g/mol. The van der Waals surface area contributed by atoms with Gasteiger partial charge in [0.2, 0.25) is 0 Å². The van der Waals surface area contributed by atoms with Crippen molar-refractivity contribution in [1.82, 2.24) is 14.5 Å². The van der Waals surface area contributed by atoms with Gasteiger partial charge in [-0.05, 0) is 12.0 Å². The molecule has 1 aliphatic rings. The Kier molecular flexibility index (Phi) is 4.66. The molecule has 3 heterocycles. The third kappa shape index (κ3) is 2.71. The molecule has 0 spiro atoms. The fourth-order valence-electron chi connectivity index (χ4n) is 2.78. The Bertz CT molecular complexity index is 796. The molecule has 1 aliphatic heterocycles. The van der Waals surface area contributed by atoms with Crippen LogP contribution in [0.1, 0.15) is 11.9 Å². The van der Waals surface area contributed by atoms with Crippen molar-refractivity contribution in [2.24, 2.45) is 0 Å². The minimum Gasteiger partial charge on any atom is -0.387 e. The Balaban J connectivity index is 2.12. The number of hydrogen-bond donors (Lipinski definition) is 4. The number of anilines is 1. The SMILES string of the molecule is COCC1OC(n2c(C#CCO)cc3c(N)ncnc32)C(O)C1O. The number of rotatable bonds is 3. The summed E-state index contributed by atoms with van der Waals surface area (Å²) in [7, 11) is 1.48. The lowest BCUT2D eigenvalue weighted by Crippen LogP contribution is -2.33. The maximum absolute atomic E-state index is 10.4. The average Bonchev–Trinajstić information content (AvgIpc) is 3.07. The van der Waals surface area contributed by atoms with Crippen LogP contribution >= 0.6 is 0 Å². The van der Waals surface area contributed by atoms with E-state index in [1.807, 2.05) is 0 Å². The zero-order valence-corrected chi connectivity index (χ0v) is 13.0. The van der Waals surface area contributed by atoms with Gasteiger partial charge in [0.05, 0.1) is 17.7 Å². The van der Waals surface area contributed by atoms with Crippen molar-refractivity contribution in [1.29, 1.82) is 0 Å². The van der Waals surface area contributed by atoms with Crippen LogP contribution in [0.2, 0.25) is 0 Å². The van der Waals surface area contributed by atoms with Gasteiger partial charge in [-0.2, -0.15) is 0 Å². The van der Waals surface area contributed by atoms with Crippen molar-refractivity contribution >= 4 is 16.9 Å². The first-order valence-corrected chi connectivity index (χ1v) is 7.30. The van der Waals surface area contributed by atoms with E-state index in [9.17, 15) is 10.2 Å². The molecule has 0 saturated carbocycles. The molecule has 3 rings (SSSR count). The highest BCUT2D eigenvalue weighted by Gasteiger charge is 2.44. The van der Waals surface area contributed by atoms with Crippen molar-refractivity contribution in [3.05, 3.63) is 18.1 Å². The summed E-state index contributed by atoms with van der Waals surface area (Å²) in [4.78, 5) is 8.11. The molecule has 0 amide bonds. The fourth-order valence-corrected chi connectivity index (χ4v) is 2.78. The number of nitrogens with two attached hydrogens (primary N) is 1. The summed E-state index contributed by atoms with van der Waals surface area (Å²) in [5.74, 6) is 5.57. The second-order valence-electron chi connectivity index (χ2n) is 5.36. The first-order valence-electron chi connectivity index (χ1n) is 7.30. The molecule has 1 fully saturated rings. The predicted molar refractivity (Wildman–Crippen MR) is 83.7 cm³/mol. The van der Waals surface area contributed by atoms with Crippen molar-refractivity contribution in [3.8, 4) is 11.8 Å². The molecule has 1 saturated heterocycles. The molecular formula is C15H18N4O5. The van der Waals surface area contributed by atoms with Gasteiger partial charge in [-0.15, -0.1) is 0 Å². The van der Waals surface area contributed by atoms with Crippen LogP contribution in [-0.2, 0) is 9.47 Å². The Morgan fingerprint density at radius 1 is 1.38 bits per heavy atom. The second-order valence-corrected chi connectivity index (χ2v) is 5.36. The monoisotopic (exact) mass is 334 g/mol. The van der Waals surface area contributed by atoms with Crippen molar-refractivity contribution in [2.45, 2.75) is 24.5 Å². The largest absolute Gasteiger partial charge is 0.387 e. The van der Waals surface area contributed by atoms with Crippen molar-refractivity contribution in [2.75, 3.05) is 26.1 Å². The lowest BCUT2D eigenvalue weighted by molar-refractivity contribution is -0.0580. The van der Waals surface area contributed by atoms with Crippen LogP contribution in [0.4, 0.5) is 5.82 Å². The number of nitrogens with zero attached hydrogens (tertiary/aromatic N) is 3. The van der Waals surface area contributed by atoms with Crippen LogP contribution in [0.25, 0.3) is 11.0 Å². The highest BCUT2D eigenvalue weighted by Crippen LogP contribution is 2.34. The summed E-state index contributed by atoms with van der Waals surface area (Å²) in [6.07, 6.45) is -2.64. The van der Waals surface area contributed by atoms with Gasteiger partial charge in [0.15, 0.2) is 6.23 Å². The number of methoxy groups -OCH3 is 1. The van der Waals surface area contributed by atoms with E-state index < -0.39 is 24.5 Å². The predicted octanol–water partition coefficient (Wildman–Crippen LogP) is -1.38. The van der Waals surface area contributed by atoms with Crippen LogP contribution in [0, 0.1) is 11.8 Å². The smallest absolute Gasteiger partial charge is 0.165 e. The lowest BCUT2D eigenvalue weighted by Gasteiger charge is -2.18. The van der Waals surface area contributed by atoms with E-state index in [-0.39, 0.29) is 19.0 Å². The minimum atomic E-state index is -1.20. The molecule has 5 N–H and O–H groups in total. The van der Waals surface area contributed by atoms with E-state index in [0.29, 0.717) is 16.7 Å². The third-order valence-electron chi connectivity index (χ3n) is 3.88. The lowest BCUT2D eigenvalue weighted by atomic mass is 10.1. The maximum atomic E-state index is 10.4. The summed E-state index contributed by atoms with van der Waals surface area (Å²) in [6, 6.07) is 1.65. The topological polar surface area (TPSA) is 136 Å². The fraction of sp³-hybridized carbons (Fsp3) is 0.467. The number of aromatic nitrogens is 3. The standard InChI is InChI=1S/C15H18N4O5/c1-23-6-10-11(21)12(22)15(24-10)19-8(3-2-4-20)5-9-13(16)17-7-18-14(9)19/h5,7,10-12,15,20-22H,4,6H2,1H3,(H2,16,17,18). The van der Waals surface area contributed by atoms with E-state index in [1.54, 1.807) is 10.6 Å². The summed E-state index contributed by atoms with van der Waals surface area (Å²) >= 11 is 0. The Labute approximate surface area is 137 Å². The van der Waals surface area contributed by atoms with E-state index in [1.165, 1.54) is 13.4 Å². The second kappa shape index (κ2) is 6.72. The van der Waals surface area contributed by atoms with Gasteiger partial charge in [0.25, 0.3) is 0 Å². The molecule has 2 aromatic rings. The summed E-state index contributed by atoms with van der Waals surface area (Å²) in [5, 5.41) is 30.0. The quantitative estimate of drug-likeness (QED) is 0.504. The van der Waals surface area contributed by atoms with Crippen molar-refractivity contribution in [3.63, 3.8) is 0 Å². The molecule has 0 aromatic carbocycles. The van der Waals surface area contributed by atoms with Gasteiger partial charge in [0.1, 0.15) is 42.7 Å². The Hall–Kier alpha value is -2.22. The summed E-state index contributed by atoms with van der Waals surface area (Å²) in [5.41, 5.74) is 6.71. The van der Waals surface area contributed by atoms with Gasteiger partial charge < -0.3 is 30.5 Å². The Morgan fingerprint density at radius 2 is 2.17 bits per heavy atom. The maximum Gasteiger partial charge on any atom is 0.165 e. The van der Waals surface area contributed by atoms with E-state index in [0.717, 1.165) is 0 Å². The number of ether oxygens (including phenoxy) is 2. The van der Waals surface area contributed by atoms with Crippen LogP contribution < -0.4 is 5.73 Å². The van der Waals surface area contributed by atoms with Crippen LogP contribution in [0.5, 0.6) is 0 Å². The molecule has 2 aromatic heterocycles. The zero-order chi connectivity index (χ0) is 17.3. The molecule has 4 atom stereocenters. The molecule has 128 valence electrons. The number of nitrogen functional groups attached to an aromatic ring is 1. The Morgan fingerprint density at radius 3 is 2.88 bits per heavy atom. The first-order chi connectivity index (χ1) is 11.6. The van der Waals surface area contributed by atoms with Gasteiger partial charge in [-0.1, -0.05) is 5.92 Å².